The normalized spacial score (nSPS) is 27.4. The Kier molecular flexibility index (Phi) is 4.68. The van der Waals surface area contributed by atoms with E-state index in [0.717, 1.165) is 11.1 Å². The maximum Gasteiger partial charge on any atom is 0.253 e. The van der Waals surface area contributed by atoms with Gasteiger partial charge in [-0.3, -0.25) is 4.79 Å². The minimum absolute atomic E-state index is 0.0455. The molecule has 25 heavy (non-hydrogen) atoms. The fourth-order valence-electron chi connectivity index (χ4n) is 4.27. The van der Waals surface area contributed by atoms with Crippen molar-refractivity contribution in [3.8, 4) is 0 Å². The quantitative estimate of drug-likeness (QED) is 0.866. The number of carbonyl (C=O) groups excluding carboxylic acids is 1. The molecule has 1 amide bonds. The smallest absolute Gasteiger partial charge is 0.253 e. The molecule has 2 heterocycles. The van der Waals surface area contributed by atoms with Gasteiger partial charge in [-0.1, -0.05) is 17.2 Å². The molecule has 3 rings (SSSR count). The second-order valence-electron chi connectivity index (χ2n) is 7.66. The number of fused-ring (bicyclic) bond motifs is 1. The lowest BCUT2D eigenvalue weighted by Crippen LogP contribution is -2.52. The van der Waals surface area contributed by atoms with Crippen molar-refractivity contribution in [2.24, 2.45) is 11.3 Å². The number of carbonyl (C=O) groups is 1. The van der Waals surface area contributed by atoms with Gasteiger partial charge < -0.3 is 10.0 Å². The van der Waals surface area contributed by atoms with Crippen molar-refractivity contribution in [1.82, 2.24) is 9.21 Å². The Morgan fingerprint density at radius 3 is 2.44 bits per heavy atom. The molecule has 2 saturated heterocycles. The number of rotatable bonds is 3. The number of amides is 1. The first-order valence-electron chi connectivity index (χ1n) is 8.58. The molecular formula is C18H26N2O4S. The zero-order valence-electron chi connectivity index (χ0n) is 15.0. The lowest BCUT2D eigenvalue weighted by Gasteiger charge is -2.43. The first-order chi connectivity index (χ1) is 11.6. The van der Waals surface area contributed by atoms with Crippen LogP contribution < -0.4 is 0 Å². The number of hydrogen-bond donors (Lipinski definition) is 1. The molecule has 2 aliphatic rings. The summed E-state index contributed by atoms with van der Waals surface area (Å²) >= 11 is 0. The van der Waals surface area contributed by atoms with Gasteiger partial charge in [-0.2, -0.15) is 0 Å². The molecule has 0 radical (unpaired) electrons. The van der Waals surface area contributed by atoms with Gasteiger partial charge in [0.15, 0.2) is 0 Å². The van der Waals surface area contributed by atoms with E-state index in [0.29, 0.717) is 31.6 Å². The SMILES string of the molecule is Cc1cc(C)cc(C(=O)N2CC[C@H]3CN(S(C)(=O)=O)C[C@@]3(CO)C2)c1. The highest BCUT2D eigenvalue weighted by Crippen LogP contribution is 2.43. The predicted octanol–water partition coefficient (Wildman–Crippen LogP) is 1.02. The molecule has 1 aromatic rings. The van der Waals surface area contributed by atoms with E-state index in [1.165, 1.54) is 10.6 Å². The fraction of sp³-hybridized carbons (Fsp3) is 0.611. The highest BCUT2D eigenvalue weighted by molar-refractivity contribution is 7.88. The summed E-state index contributed by atoms with van der Waals surface area (Å²) in [4.78, 5) is 14.7. The van der Waals surface area contributed by atoms with Crippen molar-refractivity contribution in [3.05, 3.63) is 34.9 Å². The molecule has 2 aliphatic heterocycles. The van der Waals surface area contributed by atoms with Gasteiger partial charge in [0.1, 0.15) is 0 Å². The molecule has 1 N–H and O–H groups in total. The minimum Gasteiger partial charge on any atom is -0.396 e. The number of sulfonamides is 1. The lowest BCUT2D eigenvalue weighted by molar-refractivity contribution is 0.0129. The van der Waals surface area contributed by atoms with E-state index >= 15 is 0 Å². The average Bonchev–Trinajstić information content (AvgIpc) is 2.92. The number of aryl methyl sites for hydroxylation is 2. The zero-order chi connectivity index (χ0) is 18.4. The summed E-state index contributed by atoms with van der Waals surface area (Å²) in [5.74, 6) is 0.0476. The molecule has 7 heteroatoms. The Balaban J connectivity index is 1.84. The standard InChI is InChI=1S/C18H26N2O4S/c1-13-6-14(2)8-15(7-13)17(22)19-5-4-16-9-20(25(3,23)24)11-18(16,10-19)12-21/h6-8,16,21H,4-5,9-12H2,1-3H3/t16-,18+/m0/s1. The van der Waals surface area contributed by atoms with E-state index in [2.05, 4.69) is 0 Å². The van der Waals surface area contributed by atoms with Crippen molar-refractivity contribution in [1.29, 1.82) is 0 Å². The third-order valence-electron chi connectivity index (χ3n) is 5.57. The summed E-state index contributed by atoms with van der Waals surface area (Å²) in [6.45, 7) is 5.52. The zero-order valence-corrected chi connectivity index (χ0v) is 15.8. The Bertz CT molecular complexity index is 772. The Morgan fingerprint density at radius 2 is 1.88 bits per heavy atom. The highest BCUT2D eigenvalue weighted by atomic mass is 32.2. The summed E-state index contributed by atoms with van der Waals surface area (Å²) in [6, 6.07) is 5.79. The van der Waals surface area contributed by atoms with Crippen LogP contribution in [0.3, 0.4) is 0 Å². The second-order valence-corrected chi connectivity index (χ2v) is 9.65. The van der Waals surface area contributed by atoms with Gasteiger partial charge in [0.25, 0.3) is 5.91 Å². The first-order valence-corrected chi connectivity index (χ1v) is 10.4. The molecule has 1 aromatic carbocycles. The van der Waals surface area contributed by atoms with E-state index in [9.17, 15) is 18.3 Å². The molecule has 0 unspecified atom stereocenters. The van der Waals surface area contributed by atoms with Crippen LogP contribution in [0.2, 0.25) is 0 Å². The Hall–Kier alpha value is -1.44. The maximum atomic E-state index is 12.9. The van der Waals surface area contributed by atoms with Crippen LogP contribution in [0, 0.1) is 25.2 Å². The summed E-state index contributed by atoms with van der Waals surface area (Å²) in [6.07, 6.45) is 1.91. The number of likely N-dealkylation sites (tertiary alicyclic amines) is 1. The van der Waals surface area contributed by atoms with Crippen LogP contribution in [-0.2, 0) is 10.0 Å². The van der Waals surface area contributed by atoms with Crippen LogP contribution in [0.1, 0.15) is 27.9 Å². The molecule has 0 saturated carbocycles. The monoisotopic (exact) mass is 366 g/mol. The van der Waals surface area contributed by atoms with Crippen LogP contribution in [0.25, 0.3) is 0 Å². The van der Waals surface area contributed by atoms with E-state index in [1.54, 1.807) is 4.90 Å². The van der Waals surface area contributed by atoms with Gasteiger partial charge in [-0.05, 0) is 38.3 Å². The van der Waals surface area contributed by atoms with Crippen LogP contribution in [0.4, 0.5) is 0 Å². The summed E-state index contributed by atoms with van der Waals surface area (Å²) in [5, 5.41) is 10.0. The van der Waals surface area contributed by atoms with Gasteiger partial charge in [0.2, 0.25) is 10.0 Å². The Labute approximate surface area is 149 Å². The van der Waals surface area contributed by atoms with Crippen molar-refractivity contribution in [2.45, 2.75) is 20.3 Å². The number of nitrogens with zero attached hydrogens (tertiary/aromatic N) is 2. The maximum absolute atomic E-state index is 12.9. The van der Waals surface area contributed by atoms with Crippen molar-refractivity contribution in [3.63, 3.8) is 0 Å². The summed E-state index contributed by atoms with van der Waals surface area (Å²) in [5.41, 5.74) is 2.18. The molecule has 6 nitrogen and oxygen atoms in total. The number of hydrogen-bond acceptors (Lipinski definition) is 4. The van der Waals surface area contributed by atoms with Crippen LogP contribution in [-0.4, -0.2) is 67.7 Å². The van der Waals surface area contributed by atoms with Gasteiger partial charge >= 0.3 is 0 Å². The van der Waals surface area contributed by atoms with E-state index in [-0.39, 0.29) is 25.0 Å². The molecule has 0 bridgehead atoms. The Morgan fingerprint density at radius 1 is 1.24 bits per heavy atom. The number of benzene rings is 1. The summed E-state index contributed by atoms with van der Waals surface area (Å²) < 4.78 is 25.3. The first kappa shape index (κ1) is 18.4. The van der Waals surface area contributed by atoms with Crippen molar-refractivity contribution < 1.29 is 18.3 Å². The molecule has 2 fully saturated rings. The number of aliphatic hydroxyl groups is 1. The molecule has 138 valence electrons. The van der Waals surface area contributed by atoms with E-state index < -0.39 is 15.4 Å². The molecule has 0 aromatic heterocycles. The van der Waals surface area contributed by atoms with Crippen molar-refractivity contribution >= 4 is 15.9 Å². The highest BCUT2D eigenvalue weighted by Gasteiger charge is 2.52. The van der Waals surface area contributed by atoms with Gasteiger partial charge in [-0.25, -0.2) is 12.7 Å². The topological polar surface area (TPSA) is 77.9 Å². The van der Waals surface area contributed by atoms with Gasteiger partial charge in [-0.15, -0.1) is 0 Å². The minimum atomic E-state index is -3.29. The second kappa shape index (κ2) is 6.37. The molecule has 2 atom stereocenters. The van der Waals surface area contributed by atoms with Gasteiger partial charge in [0.05, 0.1) is 12.9 Å². The third-order valence-corrected chi connectivity index (χ3v) is 6.79. The molecule has 0 spiro atoms. The van der Waals surface area contributed by atoms with E-state index in [4.69, 9.17) is 0 Å². The van der Waals surface area contributed by atoms with Crippen LogP contribution in [0.5, 0.6) is 0 Å². The molecular weight excluding hydrogens is 340 g/mol. The number of aliphatic hydroxyl groups excluding tert-OH is 1. The molecule has 0 aliphatic carbocycles. The van der Waals surface area contributed by atoms with E-state index in [1.807, 2.05) is 32.0 Å². The summed E-state index contributed by atoms with van der Waals surface area (Å²) in [7, 11) is -3.29. The average molecular weight is 366 g/mol. The largest absolute Gasteiger partial charge is 0.396 e. The van der Waals surface area contributed by atoms with Crippen LogP contribution >= 0.6 is 0 Å². The lowest BCUT2D eigenvalue weighted by atomic mass is 9.74. The van der Waals surface area contributed by atoms with Gasteiger partial charge in [0, 0.05) is 37.2 Å². The fourth-order valence-corrected chi connectivity index (χ4v) is 5.21. The number of piperidine rings is 1. The predicted molar refractivity (Wildman–Crippen MR) is 95.9 cm³/mol. The third kappa shape index (κ3) is 3.45. The van der Waals surface area contributed by atoms with Crippen molar-refractivity contribution in [2.75, 3.05) is 39.0 Å². The van der Waals surface area contributed by atoms with Crippen LogP contribution in [0.15, 0.2) is 18.2 Å².